The van der Waals surface area contributed by atoms with Gasteiger partial charge in [0, 0.05) is 22.1 Å². The first-order chi connectivity index (χ1) is 10.3. The van der Waals surface area contributed by atoms with Gasteiger partial charge in [0.1, 0.15) is 12.4 Å². The topological polar surface area (TPSA) is 21.3 Å². The Kier molecular flexibility index (Phi) is 5.65. The van der Waals surface area contributed by atoms with E-state index in [-0.39, 0.29) is 5.54 Å². The lowest BCUT2D eigenvalue weighted by atomic mass is 10.1. The lowest BCUT2D eigenvalue weighted by Gasteiger charge is -2.22. The highest BCUT2D eigenvalue weighted by Gasteiger charge is 2.13. The minimum atomic E-state index is 0.0763. The second-order valence-corrected chi connectivity index (χ2v) is 7.50. The molecule has 0 unspecified atom stereocenters. The third-order valence-electron chi connectivity index (χ3n) is 3.35. The smallest absolute Gasteiger partial charge is 0.127 e. The van der Waals surface area contributed by atoms with Gasteiger partial charge in [-0.05, 0) is 51.0 Å². The summed E-state index contributed by atoms with van der Waals surface area (Å²) in [5.41, 5.74) is 3.58. The number of nitrogens with one attached hydrogen (secondary N) is 1. The Balaban J connectivity index is 2.17. The van der Waals surface area contributed by atoms with Crippen molar-refractivity contribution in [3.05, 3.63) is 63.6 Å². The van der Waals surface area contributed by atoms with Crippen molar-refractivity contribution in [2.45, 2.75) is 46.4 Å². The van der Waals surface area contributed by atoms with Crippen molar-refractivity contribution in [1.82, 2.24) is 5.32 Å². The zero-order valence-corrected chi connectivity index (χ0v) is 15.3. The fourth-order valence-electron chi connectivity index (χ4n) is 2.23. The number of halogens is 1. The number of rotatable bonds is 5. The van der Waals surface area contributed by atoms with E-state index in [1.165, 1.54) is 11.1 Å². The Bertz CT molecular complexity index is 617. The number of hydrogen-bond donors (Lipinski definition) is 1. The van der Waals surface area contributed by atoms with E-state index >= 15 is 0 Å². The zero-order valence-electron chi connectivity index (χ0n) is 13.7. The molecule has 0 aliphatic heterocycles. The molecule has 2 aromatic rings. The number of aryl methyl sites for hydroxylation is 1. The standard InChI is InChI=1S/C19H24BrNO/c1-14-10-17(20)11-16(12-21-19(2,3)4)18(14)22-13-15-8-6-5-7-9-15/h5-11,21H,12-13H2,1-4H3. The van der Waals surface area contributed by atoms with Crippen LogP contribution in [0.1, 0.15) is 37.5 Å². The fraction of sp³-hybridized carbons (Fsp3) is 0.368. The van der Waals surface area contributed by atoms with E-state index in [0.29, 0.717) is 6.61 Å². The molecule has 2 aromatic carbocycles. The van der Waals surface area contributed by atoms with Gasteiger partial charge in [-0.15, -0.1) is 0 Å². The Labute approximate surface area is 142 Å². The van der Waals surface area contributed by atoms with Gasteiger partial charge in [0.15, 0.2) is 0 Å². The summed E-state index contributed by atoms with van der Waals surface area (Å²) in [5, 5.41) is 3.53. The third-order valence-corrected chi connectivity index (χ3v) is 3.81. The Morgan fingerprint density at radius 2 is 1.77 bits per heavy atom. The summed E-state index contributed by atoms with van der Waals surface area (Å²) in [6.45, 7) is 9.97. The highest BCUT2D eigenvalue weighted by molar-refractivity contribution is 9.10. The summed E-state index contributed by atoms with van der Waals surface area (Å²) in [7, 11) is 0. The SMILES string of the molecule is Cc1cc(Br)cc(CNC(C)(C)C)c1OCc1ccccc1. The van der Waals surface area contributed by atoms with E-state index < -0.39 is 0 Å². The average Bonchev–Trinajstić information content (AvgIpc) is 2.44. The summed E-state index contributed by atoms with van der Waals surface area (Å²) in [6.07, 6.45) is 0. The monoisotopic (exact) mass is 361 g/mol. The van der Waals surface area contributed by atoms with Crippen LogP contribution in [0, 0.1) is 6.92 Å². The van der Waals surface area contributed by atoms with Crippen molar-refractivity contribution in [2.75, 3.05) is 0 Å². The van der Waals surface area contributed by atoms with Gasteiger partial charge in [-0.3, -0.25) is 0 Å². The van der Waals surface area contributed by atoms with E-state index in [2.05, 4.69) is 73.2 Å². The van der Waals surface area contributed by atoms with Gasteiger partial charge >= 0.3 is 0 Å². The van der Waals surface area contributed by atoms with Gasteiger partial charge in [-0.25, -0.2) is 0 Å². The van der Waals surface area contributed by atoms with Gasteiger partial charge in [-0.1, -0.05) is 46.3 Å². The van der Waals surface area contributed by atoms with Crippen molar-refractivity contribution in [3.63, 3.8) is 0 Å². The van der Waals surface area contributed by atoms with E-state index in [4.69, 9.17) is 4.74 Å². The molecule has 0 atom stereocenters. The highest BCUT2D eigenvalue weighted by Crippen LogP contribution is 2.29. The minimum absolute atomic E-state index is 0.0763. The lowest BCUT2D eigenvalue weighted by Crippen LogP contribution is -2.35. The largest absolute Gasteiger partial charge is 0.488 e. The van der Waals surface area contributed by atoms with Crippen LogP contribution in [-0.4, -0.2) is 5.54 Å². The highest BCUT2D eigenvalue weighted by atomic mass is 79.9. The maximum Gasteiger partial charge on any atom is 0.127 e. The van der Waals surface area contributed by atoms with Crippen LogP contribution in [0.2, 0.25) is 0 Å². The molecule has 0 spiro atoms. The second-order valence-electron chi connectivity index (χ2n) is 6.59. The van der Waals surface area contributed by atoms with Crippen LogP contribution in [0.15, 0.2) is 46.9 Å². The second kappa shape index (κ2) is 7.30. The predicted octanol–water partition coefficient (Wildman–Crippen LogP) is 5.22. The molecule has 0 fully saturated rings. The minimum Gasteiger partial charge on any atom is -0.488 e. The molecule has 0 heterocycles. The first-order valence-electron chi connectivity index (χ1n) is 7.56. The normalized spacial score (nSPS) is 11.5. The summed E-state index contributed by atoms with van der Waals surface area (Å²) < 4.78 is 7.20. The van der Waals surface area contributed by atoms with Crippen molar-refractivity contribution in [2.24, 2.45) is 0 Å². The maximum atomic E-state index is 6.11. The fourth-order valence-corrected chi connectivity index (χ4v) is 2.85. The Morgan fingerprint density at radius 1 is 1.09 bits per heavy atom. The van der Waals surface area contributed by atoms with Crippen LogP contribution in [0.4, 0.5) is 0 Å². The summed E-state index contributed by atoms with van der Waals surface area (Å²) in [5.74, 6) is 0.976. The average molecular weight is 362 g/mol. The van der Waals surface area contributed by atoms with Crippen LogP contribution in [0.5, 0.6) is 5.75 Å². The molecule has 0 aliphatic carbocycles. The van der Waals surface area contributed by atoms with Crippen LogP contribution in [0.25, 0.3) is 0 Å². The molecule has 0 aliphatic rings. The van der Waals surface area contributed by atoms with Crippen molar-refractivity contribution in [1.29, 1.82) is 0 Å². The maximum absolute atomic E-state index is 6.11. The number of ether oxygens (including phenoxy) is 1. The molecule has 0 saturated heterocycles. The summed E-state index contributed by atoms with van der Waals surface area (Å²) >= 11 is 3.58. The van der Waals surface area contributed by atoms with Crippen LogP contribution in [0.3, 0.4) is 0 Å². The zero-order chi connectivity index (χ0) is 16.2. The van der Waals surface area contributed by atoms with Crippen molar-refractivity contribution in [3.8, 4) is 5.75 Å². The molecule has 0 amide bonds. The van der Waals surface area contributed by atoms with Crippen LogP contribution >= 0.6 is 15.9 Å². The number of hydrogen-bond acceptors (Lipinski definition) is 2. The molecule has 2 rings (SSSR count). The Morgan fingerprint density at radius 3 is 2.41 bits per heavy atom. The van der Waals surface area contributed by atoms with Crippen LogP contribution < -0.4 is 10.1 Å². The van der Waals surface area contributed by atoms with Crippen molar-refractivity contribution >= 4 is 15.9 Å². The van der Waals surface area contributed by atoms with E-state index in [9.17, 15) is 0 Å². The molecule has 0 aromatic heterocycles. The van der Waals surface area contributed by atoms with E-state index in [1.807, 2.05) is 18.2 Å². The van der Waals surface area contributed by atoms with Gasteiger partial charge in [-0.2, -0.15) is 0 Å². The molecule has 118 valence electrons. The molecule has 0 saturated carbocycles. The quantitative estimate of drug-likeness (QED) is 0.787. The Hall–Kier alpha value is -1.32. The summed E-state index contributed by atoms with van der Waals surface area (Å²) in [6, 6.07) is 14.5. The summed E-state index contributed by atoms with van der Waals surface area (Å²) in [4.78, 5) is 0. The first kappa shape index (κ1) is 17.0. The third kappa shape index (κ3) is 5.15. The van der Waals surface area contributed by atoms with Gasteiger partial charge in [0.05, 0.1) is 0 Å². The van der Waals surface area contributed by atoms with Crippen LogP contribution in [-0.2, 0) is 13.2 Å². The van der Waals surface area contributed by atoms with Gasteiger partial charge < -0.3 is 10.1 Å². The van der Waals surface area contributed by atoms with E-state index in [1.54, 1.807) is 0 Å². The molecule has 0 bridgehead atoms. The molecule has 0 radical (unpaired) electrons. The molecule has 1 N–H and O–H groups in total. The molecular weight excluding hydrogens is 338 g/mol. The van der Waals surface area contributed by atoms with E-state index in [0.717, 1.165) is 22.3 Å². The van der Waals surface area contributed by atoms with Gasteiger partial charge in [0.2, 0.25) is 0 Å². The predicted molar refractivity (Wildman–Crippen MR) is 96.2 cm³/mol. The molecule has 3 heteroatoms. The number of benzene rings is 2. The first-order valence-corrected chi connectivity index (χ1v) is 8.35. The lowest BCUT2D eigenvalue weighted by molar-refractivity contribution is 0.298. The molecule has 22 heavy (non-hydrogen) atoms. The molecular formula is C19H24BrNO. The molecule has 2 nitrogen and oxygen atoms in total. The van der Waals surface area contributed by atoms with Gasteiger partial charge in [0.25, 0.3) is 0 Å². The van der Waals surface area contributed by atoms with Crippen molar-refractivity contribution < 1.29 is 4.74 Å².